The summed E-state index contributed by atoms with van der Waals surface area (Å²) in [5.74, 6) is 0. The Hall–Kier alpha value is -0.550. The first-order valence-corrected chi connectivity index (χ1v) is 5.17. The maximum atomic E-state index is 10.8. The normalized spacial score (nSPS) is 11.9. The molecule has 1 rings (SSSR count). The van der Waals surface area contributed by atoms with Crippen molar-refractivity contribution in [1.82, 2.24) is 9.78 Å². The van der Waals surface area contributed by atoms with Crippen LogP contribution in [0.1, 0.15) is 5.56 Å². The third-order valence-electron chi connectivity index (χ3n) is 1.20. The van der Waals surface area contributed by atoms with Crippen molar-refractivity contribution in [1.29, 1.82) is 0 Å². The number of aromatic nitrogens is 2. The summed E-state index contributed by atoms with van der Waals surface area (Å²) in [5, 5.41) is 3.61. The number of hydrogen-bond donors (Lipinski definition) is 0. The minimum atomic E-state index is -3.67. The van der Waals surface area contributed by atoms with E-state index in [9.17, 15) is 8.42 Å². The quantitative estimate of drug-likeness (QED) is 0.617. The number of rotatable bonds is 1. The van der Waals surface area contributed by atoms with E-state index in [4.69, 9.17) is 10.7 Å². The summed E-state index contributed by atoms with van der Waals surface area (Å²) in [6.45, 7) is 1.64. The van der Waals surface area contributed by atoms with E-state index in [0.717, 1.165) is 0 Å². The first kappa shape index (κ1) is 8.55. The Morgan fingerprint density at radius 2 is 2.18 bits per heavy atom. The van der Waals surface area contributed by atoms with Crippen LogP contribution in [0.25, 0.3) is 0 Å². The highest BCUT2D eigenvalue weighted by Gasteiger charge is 2.16. The summed E-state index contributed by atoms with van der Waals surface area (Å²) in [5.41, 5.74) is 0.558. The molecule has 0 spiro atoms. The lowest BCUT2D eigenvalue weighted by molar-refractivity contribution is 0.601. The van der Waals surface area contributed by atoms with Crippen LogP contribution >= 0.6 is 10.7 Å². The van der Waals surface area contributed by atoms with E-state index < -0.39 is 9.05 Å². The van der Waals surface area contributed by atoms with Gasteiger partial charge in [-0.25, -0.2) is 8.42 Å². The van der Waals surface area contributed by atoms with Crippen LogP contribution in [0.3, 0.4) is 0 Å². The van der Waals surface area contributed by atoms with Crippen molar-refractivity contribution in [3.63, 3.8) is 0 Å². The lowest BCUT2D eigenvalue weighted by Gasteiger charge is -1.88. The van der Waals surface area contributed by atoms with Gasteiger partial charge in [0.05, 0.1) is 0 Å². The molecule has 0 amide bonds. The minimum absolute atomic E-state index is 0.0679. The van der Waals surface area contributed by atoms with E-state index in [1.165, 1.54) is 4.68 Å². The molecule has 6 heteroatoms. The highest BCUT2D eigenvalue weighted by Crippen LogP contribution is 2.15. The number of halogens is 1. The molecule has 1 heterocycles. The van der Waals surface area contributed by atoms with E-state index in [1.54, 1.807) is 20.2 Å². The number of hydrogen-bond acceptors (Lipinski definition) is 3. The Balaban J connectivity index is 3.36. The van der Waals surface area contributed by atoms with Crippen molar-refractivity contribution in [3.05, 3.63) is 11.8 Å². The summed E-state index contributed by atoms with van der Waals surface area (Å²) >= 11 is 0. The van der Waals surface area contributed by atoms with Gasteiger partial charge >= 0.3 is 0 Å². The standard InChI is InChI=1S/C5H7ClN2O2S/c1-4-3-8(2)7-5(4)11(6,9)10/h3H,1-2H3. The van der Waals surface area contributed by atoms with Crippen molar-refractivity contribution < 1.29 is 8.42 Å². The van der Waals surface area contributed by atoms with Crippen molar-refractivity contribution in [2.45, 2.75) is 11.9 Å². The maximum Gasteiger partial charge on any atom is 0.280 e. The van der Waals surface area contributed by atoms with Gasteiger partial charge in [-0.05, 0) is 6.92 Å². The molecule has 4 nitrogen and oxygen atoms in total. The fraction of sp³-hybridized carbons (Fsp3) is 0.400. The molecule has 0 aromatic carbocycles. The van der Waals surface area contributed by atoms with E-state index >= 15 is 0 Å². The molecule has 0 N–H and O–H groups in total. The second kappa shape index (κ2) is 2.49. The van der Waals surface area contributed by atoms with Crippen molar-refractivity contribution in [2.24, 2.45) is 7.05 Å². The third-order valence-corrected chi connectivity index (χ3v) is 2.50. The molecule has 0 radical (unpaired) electrons. The van der Waals surface area contributed by atoms with Gasteiger partial charge in [-0.1, -0.05) is 0 Å². The topological polar surface area (TPSA) is 52.0 Å². The predicted molar refractivity (Wildman–Crippen MR) is 41.0 cm³/mol. The average Bonchev–Trinajstić information content (AvgIpc) is 2.08. The van der Waals surface area contributed by atoms with Crippen LogP contribution in [0.2, 0.25) is 0 Å². The first-order chi connectivity index (χ1) is 4.91. The molecule has 0 fully saturated rings. The van der Waals surface area contributed by atoms with Crippen molar-refractivity contribution in [2.75, 3.05) is 0 Å². The smallest absolute Gasteiger partial charge is 0.274 e. The lowest BCUT2D eigenvalue weighted by atomic mass is 10.4. The van der Waals surface area contributed by atoms with Crippen LogP contribution in [0.15, 0.2) is 11.2 Å². The van der Waals surface area contributed by atoms with Crippen LogP contribution in [-0.2, 0) is 16.1 Å². The summed E-state index contributed by atoms with van der Waals surface area (Å²) in [6, 6.07) is 0. The zero-order valence-electron chi connectivity index (χ0n) is 6.07. The zero-order valence-corrected chi connectivity index (χ0v) is 7.65. The van der Waals surface area contributed by atoms with Crippen molar-refractivity contribution >= 4 is 19.7 Å². The van der Waals surface area contributed by atoms with Crippen LogP contribution < -0.4 is 0 Å². The van der Waals surface area contributed by atoms with Gasteiger partial charge in [-0.3, -0.25) is 4.68 Å². The van der Waals surface area contributed by atoms with Gasteiger partial charge < -0.3 is 0 Å². The summed E-state index contributed by atoms with van der Waals surface area (Å²) in [7, 11) is 3.04. The average molecular weight is 195 g/mol. The summed E-state index contributed by atoms with van der Waals surface area (Å²) in [6.07, 6.45) is 1.59. The van der Waals surface area contributed by atoms with Crippen LogP contribution in [0.5, 0.6) is 0 Å². The molecule has 1 aromatic rings. The molecule has 0 aliphatic heterocycles. The number of nitrogens with zero attached hydrogens (tertiary/aromatic N) is 2. The molecule has 1 aromatic heterocycles. The maximum absolute atomic E-state index is 10.8. The summed E-state index contributed by atoms with van der Waals surface area (Å²) < 4.78 is 22.9. The minimum Gasteiger partial charge on any atom is -0.274 e. The fourth-order valence-corrected chi connectivity index (χ4v) is 1.95. The van der Waals surface area contributed by atoms with Crippen molar-refractivity contribution in [3.8, 4) is 0 Å². The van der Waals surface area contributed by atoms with Gasteiger partial charge in [-0.15, -0.1) is 0 Å². The molecule has 0 unspecified atom stereocenters. The van der Waals surface area contributed by atoms with E-state index in [2.05, 4.69) is 5.10 Å². The fourth-order valence-electron chi connectivity index (χ4n) is 0.828. The summed E-state index contributed by atoms with van der Waals surface area (Å²) in [4.78, 5) is 0. The number of aryl methyl sites for hydroxylation is 2. The molecule has 0 aliphatic rings. The second-order valence-corrected chi connectivity index (χ2v) is 4.71. The molecule has 0 saturated carbocycles. The Bertz CT molecular complexity index is 368. The first-order valence-electron chi connectivity index (χ1n) is 2.86. The SMILES string of the molecule is Cc1cn(C)nc1S(=O)(=O)Cl. The molecule has 0 aliphatic carbocycles. The Morgan fingerprint density at radius 3 is 2.36 bits per heavy atom. The van der Waals surface area contributed by atoms with Gasteiger partial charge in [0.25, 0.3) is 9.05 Å². The highest BCUT2D eigenvalue weighted by molar-refractivity contribution is 8.13. The van der Waals surface area contributed by atoms with E-state index in [1.807, 2.05) is 0 Å². The molecule has 0 atom stereocenters. The van der Waals surface area contributed by atoms with E-state index in [0.29, 0.717) is 5.56 Å². The molecule has 0 saturated heterocycles. The molecule has 62 valence electrons. The van der Waals surface area contributed by atoms with Crippen LogP contribution in [0, 0.1) is 6.92 Å². The van der Waals surface area contributed by atoms with Gasteiger partial charge in [0, 0.05) is 29.5 Å². The Morgan fingerprint density at radius 1 is 1.64 bits per heavy atom. The van der Waals surface area contributed by atoms with E-state index in [-0.39, 0.29) is 5.03 Å². The van der Waals surface area contributed by atoms with Gasteiger partial charge in [0.15, 0.2) is 5.03 Å². The predicted octanol–water partition coefficient (Wildman–Crippen LogP) is 0.656. The largest absolute Gasteiger partial charge is 0.280 e. The second-order valence-electron chi connectivity index (χ2n) is 2.23. The molecular formula is C5H7ClN2O2S. The zero-order chi connectivity index (χ0) is 8.65. The molecule has 11 heavy (non-hydrogen) atoms. The lowest BCUT2D eigenvalue weighted by Crippen LogP contribution is -1.95. The molecular weight excluding hydrogens is 188 g/mol. The van der Waals surface area contributed by atoms with Crippen LogP contribution in [0.4, 0.5) is 0 Å². The highest BCUT2D eigenvalue weighted by atomic mass is 35.7. The van der Waals surface area contributed by atoms with Crippen LogP contribution in [-0.4, -0.2) is 18.2 Å². The monoisotopic (exact) mass is 194 g/mol. The Kier molecular flexibility index (Phi) is 1.94. The van der Waals surface area contributed by atoms with Gasteiger partial charge in [0.2, 0.25) is 0 Å². The van der Waals surface area contributed by atoms with Gasteiger partial charge in [-0.2, -0.15) is 5.10 Å². The third kappa shape index (κ3) is 1.72. The Labute approximate surface area is 69.2 Å². The molecule has 0 bridgehead atoms. The van der Waals surface area contributed by atoms with Gasteiger partial charge in [0.1, 0.15) is 0 Å².